The van der Waals surface area contributed by atoms with Gasteiger partial charge in [0.15, 0.2) is 11.5 Å². The lowest BCUT2D eigenvalue weighted by molar-refractivity contribution is 0.102. The summed E-state index contributed by atoms with van der Waals surface area (Å²) in [5, 5.41) is 7.12. The maximum absolute atomic E-state index is 12.8. The molecule has 138 valence electrons. The highest BCUT2D eigenvalue weighted by Crippen LogP contribution is 2.33. The van der Waals surface area contributed by atoms with Crippen LogP contribution in [0.4, 0.5) is 5.69 Å². The summed E-state index contributed by atoms with van der Waals surface area (Å²) in [6, 6.07) is 12.8. The zero-order valence-electron chi connectivity index (χ0n) is 15.3. The fraction of sp³-hybridized carbons (Fsp3) is 0.143. The summed E-state index contributed by atoms with van der Waals surface area (Å²) in [6.45, 7) is 3.76. The van der Waals surface area contributed by atoms with Gasteiger partial charge in [-0.3, -0.25) is 4.79 Å². The first-order chi connectivity index (χ1) is 13.2. The first-order valence-electron chi connectivity index (χ1n) is 8.43. The smallest absolute Gasteiger partial charge is 0.255 e. The van der Waals surface area contributed by atoms with Gasteiger partial charge in [-0.25, -0.2) is 4.68 Å². The lowest BCUT2D eigenvalue weighted by Gasteiger charge is -2.14. The zero-order valence-corrected chi connectivity index (χ0v) is 15.3. The van der Waals surface area contributed by atoms with Crippen LogP contribution in [0.1, 0.15) is 15.9 Å². The monoisotopic (exact) mass is 363 g/mol. The van der Waals surface area contributed by atoms with Gasteiger partial charge in [0.05, 0.1) is 19.9 Å². The molecule has 0 saturated carbocycles. The molecule has 1 heterocycles. The number of amides is 1. The quantitative estimate of drug-likeness (QED) is 0.647. The first-order valence-corrected chi connectivity index (χ1v) is 8.43. The van der Waals surface area contributed by atoms with Crippen LogP contribution in [0.2, 0.25) is 0 Å². The molecule has 0 bridgehead atoms. The molecule has 6 heteroatoms. The predicted molar refractivity (Wildman–Crippen MR) is 105 cm³/mol. The van der Waals surface area contributed by atoms with Crippen molar-refractivity contribution in [2.75, 3.05) is 19.5 Å². The second-order valence-corrected chi connectivity index (χ2v) is 5.82. The summed E-state index contributed by atoms with van der Waals surface area (Å²) < 4.78 is 12.5. The van der Waals surface area contributed by atoms with Crippen LogP contribution in [0.5, 0.6) is 11.5 Å². The number of allylic oxidation sites excluding steroid dienone is 1. The number of nitrogens with zero attached hydrogens (tertiary/aromatic N) is 2. The summed E-state index contributed by atoms with van der Waals surface area (Å²) in [5.74, 6) is 0.876. The number of anilines is 1. The van der Waals surface area contributed by atoms with Gasteiger partial charge >= 0.3 is 0 Å². The second kappa shape index (κ2) is 8.23. The summed E-state index contributed by atoms with van der Waals surface area (Å²) in [4.78, 5) is 12.8. The average Bonchev–Trinajstić information content (AvgIpc) is 3.22. The van der Waals surface area contributed by atoms with Crippen molar-refractivity contribution in [3.8, 4) is 17.2 Å². The predicted octanol–water partition coefficient (Wildman–Crippen LogP) is 3.87. The molecular formula is C21H21N3O3. The molecule has 6 nitrogen and oxygen atoms in total. The number of carbonyl (C=O) groups is 1. The average molecular weight is 363 g/mol. The van der Waals surface area contributed by atoms with Crippen molar-refractivity contribution in [2.24, 2.45) is 0 Å². The minimum absolute atomic E-state index is 0.237. The summed E-state index contributed by atoms with van der Waals surface area (Å²) in [5.41, 5.74) is 2.85. The molecule has 3 aromatic rings. The van der Waals surface area contributed by atoms with Crippen molar-refractivity contribution in [2.45, 2.75) is 6.42 Å². The lowest BCUT2D eigenvalue weighted by atomic mass is 10.0. The van der Waals surface area contributed by atoms with Crippen molar-refractivity contribution in [3.05, 3.63) is 78.6 Å². The van der Waals surface area contributed by atoms with Crippen LogP contribution in [-0.4, -0.2) is 29.9 Å². The molecule has 0 aliphatic rings. The van der Waals surface area contributed by atoms with E-state index in [2.05, 4.69) is 17.0 Å². The van der Waals surface area contributed by atoms with E-state index < -0.39 is 0 Å². The van der Waals surface area contributed by atoms with Gasteiger partial charge < -0.3 is 14.8 Å². The molecule has 1 amide bonds. The Morgan fingerprint density at radius 1 is 1.22 bits per heavy atom. The molecule has 1 N–H and O–H groups in total. The Balaban J connectivity index is 1.89. The highest BCUT2D eigenvalue weighted by atomic mass is 16.5. The Morgan fingerprint density at radius 2 is 2.07 bits per heavy atom. The molecule has 0 saturated heterocycles. The Hall–Kier alpha value is -3.54. The molecule has 0 spiro atoms. The third kappa shape index (κ3) is 4.00. The minimum Gasteiger partial charge on any atom is -0.493 e. The van der Waals surface area contributed by atoms with Crippen molar-refractivity contribution in [3.63, 3.8) is 0 Å². The van der Waals surface area contributed by atoms with Gasteiger partial charge in [-0.15, -0.1) is 6.58 Å². The van der Waals surface area contributed by atoms with Crippen LogP contribution in [-0.2, 0) is 6.42 Å². The first kappa shape index (κ1) is 18.3. The van der Waals surface area contributed by atoms with Crippen molar-refractivity contribution in [1.29, 1.82) is 0 Å². The Labute approximate surface area is 158 Å². The Bertz CT molecular complexity index is 949. The largest absolute Gasteiger partial charge is 0.493 e. The topological polar surface area (TPSA) is 65.4 Å². The highest BCUT2D eigenvalue weighted by Gasteiger charge is 2.16. The molecule has 0 aliphatic carbocycles. The lowest BCUT2D eigenvalue weighted by Crippen LogP contribution is -2.13. The normalized spacial score (nSPS) is 10.3. The fourth-order valence-electron chi connectivity index (χ4n) is 2.83. The van der Waals surface area contributed by atoms with Gasteiger partial charge in [0.2, 0.25) is 0 Å². The minimum atomic E-state index is -0.237. The van der Waals surface area contributed by atoms with Gasteiger partial charge in [0.25, 0.3) is 5.91 Å². The van der Waals surface area contributed by atoms with Gasteiger partial charge in [0.1, 0.15) is 0 Å². The van der Waals surface area contributed by atoms with E-state index in [1.54, 1.807) is 43.3 Å². The van der Waals surface area contributed by atoms with E-state index in [9.17, 15) is 4.79 Å². The van der Waals surface area contributed by atoms with E-state index in [1.165, 1.54) is 0 Å². The van der Waals surface area contributed by atoms with Crippen LogP contribution in [0.3, 0.4) is 0 Å². The number of carbonyl (C=O) groups excluding carboxylic acids is 1. The maximum atomic E-state index is 12.8. The summed E-state index contributed by atoms with van der Waals surface area (Å²) in [7, 11) is 3.12. The molecule has 0 unspecified atom stereocenters. The molecule has 3 rings (SSSR count). The standard InChI is InChI=1S/C21H21N3O3/c1-4-7-15-12-16(13-19(26-2)20(15)27-3)21(25)23-17-8-5-9-18(14-17)24-11-6-10-22-24/h4-6,8-14H,1,7H2,2-3H3,(H,23,25). The van der Waals surface area contributed by atoms with Crippen LogP contribution >= 0.6 is 0 Å². The van der Waals surface area contributed by atoms with Crippen molar-refractivity contribution < 1.29 is 14.3 Å². The third-order valence-electron chi connectivity index (χ3n) is 4.06. The van der Waals surface area contributed by atoms with E-state index in [0.29, 0.717) is 29.2 Å². The van der Waals surface area contributed by atoms with Gasteiger partial charge in [-0.2, -0.15) is 5.10 Å². The summed E-state index contributed by atoms with van der Waals surface area (Å²) in [6.07, 6.45) is 5.87. The van der Waals surface area contributed by atoms with Crippen molar-refractivity contribution in [1.82, 2.24) is 9.78 Å². The number of aromatic nitrogens is 2. The molecule has 0 aliphatic heterocycles. The number of benzene rings is 2. The number of hydrogen-bond acceptors (Lipinski definition) is 4. The SMILES string of the molecule is C=CCc1cc(C(=O)Nc2cccc(-n3cccn3)c2)cc(OC)c1OC. The van der Waals surface area contributed by atoms with Crippen LogP contribution in [0.25, 0.3) is 5.69 Å². The number of ether oxygens (including phenoxy) is 2. The van der Waals surface area contributed by atoms with Crippen molar-refractivity contribution >= 4 is 11.6 Å². The molecule has 0 fully saturated rings. The molecular weight excluding hydrogens is 342 g/mol. The van der Waals surface area contributed by atoms with E-state index in [0.717, 1.165) is 11.3 Å². The van der Waals surface area contributed by atoms with Crippen LogP contribution in [0.15, 0.2) is 67.5 Å². The van der Waals surface area contributed by atoms with E-state index in [1.807, 2.05) is 36.5 Å². The molecule has 0 atom stereocenters. The molecule has 1 aromatic heterocycles. The fourth-order valence-corrected chi connectivity index (χ4v) is 2.83. The Morgan fingerprint density at radius 3 is 2.74 bits per heavy atom. The maximum Gasteiger partial charge on any atom is 0.255 e. The zero-order chi connectivity index (χ0) is 19.2. The molecule has 27 heavy (non-hydrogen) atoms. The van der Waals surface area contributed by atoms with Gasteiger partial charge in [0, 0.05) is 29.2 Å². The van der Waals surface area contributed by atoms with Crippen LogP contribution < -0.4 is 14.8 Å². The Kier molecular flexibility index (Phi) is 5.56. The van der Waals surface area contributed by atoms with Gasteiger partial charge in [-0.1, -0.05) is 12.1 Å². The second-order valence-electron chi connectivity index (χ2n) is 5.82. The highest BCUT2D eigenvalue weighted by molar-refractivity contribution is 6.05. The summed E-state index contributed by atoms with van der Waals surface area (Å²) >= 11 is 0. The van der Waals surface area contributed by atoms with E-state index in [-0.39, 0.29) is 5.91 Å². The number of hydrogen-bond donors (Lipinski definition) is 1. The van der Waals surface area contributed by atoms with E-state index in [4.69, 9.17) is 9.47 Å². The third-order valence-corrected chi connectivity index (χ3v) is 4.06. The van der Waals surface area contributed by atoms with Crippen LogP contribution in [0, 0.1) is 0 Å². The number of methoxy groups -OCH3 is 2. The molecule has 0 radical (unpaired) electrons. The number of rotatable bonds is 7. The van der Waals surface area contributed by atoms with Gasteiger partial charge in [-0.05, 0) is 42.8 Å². The molecule has 2 aromatic carbocycles. The van der Waals surface area contributed by atoms with E-state index >= 15 is 0 Å². The number of nitrogens with one attached hydrogen (secondary N) is 1.